The molecule has 0 saturated carbocycles. The third kappa shape index (κ3) is 3.97. The maximum Gasteiger partial charge on any atom is 0.251 e. The van der Waals surface area contributed by atoms with Crippen LogP contribution in [0.2, 0.25) is 0 Å². The maximum atomic E-state index is 13.4. The number of anilines is 1. The number of nitrogens with zero attached hydrogens (tertiary/aromatic N) is 2. The van der Waals surface area contributed by atoms with Gasteiger partial charge in [0.2, 0.25) is 0 Å². The molecule has 1 unspecified atom stereocenters. The summed E-state index contributed by atoms with van der Waals surface area (Å²) in [4.78, 5) is 14.7. The zero-order valence-corrected chi connectivity index (χ0v) is 14.1. The van der Waals surface area contributed by atoms with Crippen molar-refractivity contribution in [2.75, 3.05) is 18.0 Å². The van der Waals surface area contributed by atoms with Crippen molar-refractivity contribution in [2.45, 2.75) is 25.8 Å². The Labute approximate surface area is 146 Å². The number of piperidine rings is 1. The van der Waals surface area contributed by atoms with E-state index in [-0.39, 0.29) is 17.8 Å². The highest BCUT2D eigenvalue weighted by atomic mass is 19.1. The number of nitriles is 1. The van der Waals surface area contributed by atoms with Gasteiger partial charge in [0.05, 0.1) is 11.6 Å². The molecule has 1 atom stereocenters. The van der Waals surface area contributed by atoms with Crippen LogP contribution in [0, 0.1) is 24.1 Å². The minimum Gasteiger partial charge on any atom is -0.369 e. The van der Waals surface area contributed by atoms with Crippen LogP contribution in [0.15, 0.2) is 42.5 Å². The summed E-state index contributed by atoms with van der Waals surface area (Å²) in [5.74, 6) is -0.384. The molecule has 5 heteroatoms. The summed E-state index contributed by atoms with van der Waals surface area (Å²) >= 11 is 0. The first-order valence-electron chi connectivity index (χ1n) is 8.39. The highest BCUT2D eigenvalue weighted by Crippen LogP contribution is 2.21. The molecule has 0 spiro atoms. The molecule has 4 nitrogen and oxygen atoms in total. The zero-order valence-electron chi connectivity index (χ0n) is 14.1. The minimum atomic E-state index is -0.253. The van der Waals surface area contributed by atoms with E-state index >= 15 is 0 Å². The van der Waals surface area contributed by atoms with Gasteiger partial charge in [-0.05, 0) is 61.7 Å². The van der Waals surface area contributed by atoms with Gasteiger partial charge in [-0.15, -0.1) is 0 Å². The molecule has 1 N–H and O–H groups in total. The molecule has 1 fully saturated rings. The Morgan fingerprint density at radius 3 is 2.88 bits per heavy atom. The highest BCUT2D eigenvalue weighted by molar-refractivity contribution is 5.96. The van der Waals surface area contributed by atoms with Crippen LogP contribution in [0.25, 0.3) is 0 Å². The van der Waals surface area contributed by atoms with E-state index in [0.29, 0.717) is 17.7 Å². The van der Waals surface area contributed by atoms with Crippen LogP contribution >= 0.6 is 0 Å². The van der Waals surface area contributed by atoms with E-state index in [4.69, 9.17) is 5.26 Å². The predicted molar refractivity (Wildman–Crippen MR) is 95.0 cm³/mol. The number of amides is 1. The van der Waals surface area contributed by atoms with Gasteiger partial charge < -0.3 is 10.2 Å². The van der Waals surface area contributed by atoms with Crippen LogP contribution in [-0.4, -0.2) is 25.0 Å². The van der Waals surface area contributed by atoms with Gasteiger partial charge in [-0.1, -0.05) is 6.07 Å². The lowest BCUT2D eigenvalue weighted by atomic mass is 10.0. The number of halogens is 1. The number of aryl methyl sites for hydroxylation is 1. The number of benzene rings is 2. The molecule has 0 radical (unpaired) electrons. The number of nitrogens with one attached hydrogen (secondary N) is 1. The Morgan fingerprint density at radius 1 is 1.32 bits per heavy atom. The Kier molecular flexibility index (Phi) is 4.99. The quantitative estimate of drug-likeness (QED) is 0.934. The van der Waals surface area contributed by atoms with Gasteiger partial charge in [0.15, 0.2) is 0 Å². The lowest BCUT2D eigenvalue weighted by Crippen LogP contribution is -2.48. The molecule has 3 rings (SSSR count). The monoisotopic (exact) mass is 337 g/mol. The second kappa shape index (κ2) is 7.35. The first-order valence-corrected chi connectivity index (χ1v) is 8.39. The van der Waals surface area contributed by atoms with Crippen molar-refractivity contribution in [3.8, 4) is 6.07 Å². The lowest BCUT2D eigenvalue weighted by molar-refractivity contribution is 0.0932. The summed E-state index contributed by atoms with van der Waals surface area (Å²) in [7, 11) is 0. The molecular formula is C20H20FN3O. The van der Waals surface area contributed by atoms with Gasteiger partial charge in [0.1, 0.15) is 5.82 Å². The molecule has 0 aliphatic carbocycles. The molecule has 0 bridgehead atoms. The molecule has 1 aliphatic rings. The standard InChI is InChI=1S/C20H20FN3O/c1-14-10-15(12-22)7-8-19(14)20(25)23-17-5-3-9-24(13-17)18-6-2-4-16(21)11-18/h2,4,6-8,10-11,17H,3,5,9,13H2,1H3,(H,23,25). The molecule has 128 valence electrons. The maximum absolute atomic E-state index is 13.4. The fourth-order valence-corrected chi connectivity index (χ4v) is 3.25. The third-order valence-electron chi connectivity index (χ3n) is 4.53. The number of carbonyl (C=O) groups is 1. The number of hydrogen-bond donors (Lipinski definition) is 1. The van der Waals surface area contributed by atoms with Crippen molar-refractivity contribution in [1.29, 1.82) is 5.26 Å². The highest BCUT2D eigenvalue weighted by Gasteiger charge is 2.23. The van der Waals surface area contributed by atoms with Crippen LogP contribution in [0.1, 0.15) is 34.3 Å². The van der Waals surface area contributed by atoms with Crippen molar-refractivity contribution in [3.63, 3.8) is 0 Å². The minimum absolute atomic E-state index is 0.0135. The second-order valence-corrected chi connectivity index (χ2v) is 6.38. The van der Waals surface area contributed by atoms with Crippen LogP contribution in [0.4, 0.5) is 10.1 Å². The molecule has 25 heavy (non-hydrogen) atoms. The van der Waals surface area contributed by atoms with Crippen molar-refractivity contribution in [2.24, 2.45) is 0 Å². The molecular weight excluding hydrogens is 317 g/mol. The third-order valence-corrected chi connectivity index (χ3v) is 4.53. The van der Waals surface area contributed by atoms with E-state index in [1.54, 1.807) is 24.3 Å². The van der Waals surface area contributed by atoms with Crippen LogP contribution < -0.4 is 10.2 Å². The average Bonchev–Trinajstić information content (AvgIpc) is 2.61. The van der Waals surface area contributed by atoms with Gasteiger partial charge in [-0.25, -0.2) is 4.39 Å². The van der Waals surface area contributed by atoms with Crippen molar-refractivity contribution in [3.05, 3.63) is 65.0 Å². The molecule has 1 heterocycles. The van der Waals surface area contributed by atoms with Gasteiger partial charge in [0.25, 0.3) is 5.91 Å². The molecule has 0 aromatic heterocycles. The zero-order chi connectivity index (χ0) is 17.8. The van der Waals surface area contributed by atoms with Gasteiger partial charge in [-0.3, -0.25) is 4.79 Å². The Bertz CT molecular complexity index is 828. The Morgan fingerprint density at radius 2 is 2.16 bits per heavy atom. The fourth-order valence-electron chi connectivity index (χ4n) is 3.25. The van der Waals surface area contributed by atoms with E-state index in [2.05, 4.69) is 16.3 Å². The molecule has 1 saturated heterocycles. The average molecular weight is 337 g/mol. The van der Waals surface area contributed by atoms with Crippen LogP contribution in [0.3, 0.4) is 0 Å². The predicted octanol–water partition coefficient (Wildman–Crippen LogP) is 3.40. The van der Waals surface area contributed by atoms with E-state index < -0.39 is 0 Å². The largest absolute Gasteiger partial charge is 0.369 e. The Hall–Kier alpha value is -2.87. The smallest absolute Gasteiger partial charge is 0.251 e. The topological polar surface area (TPSA) is 56.1 Å². The van der Waals surface area contributed by atoms with E-state index in [1.165, 1.54) is 12.1 Å². The molecule has 1 aliphatic heterocycles. The van der Waals surface area contributed by atoms with E-state index in [0.717, 1.165) is 30.6 Å². The van der Waals surface area contributed by atoms with Crippen molar-refractivity contribution >= 4 is 11.6 Å². The fraction of sp³-hybridized carbons (Fsp3) is 0.300. The summed E-state index contributed by atoms with van der Waals surface area (Å²) in [5.41, 5.74) is 2.76. The molecule has 1 amide bonds. The van der Waals surface area contributed by atoms with Crippen molar-refractivity contribution < 1.29 is 9.18 Å². The molecule has 2 aromatic carbocycles. The Balaban J connectivity index is 1.68. The summed E-state index contributed by atoms with van der Waals surface area (Å²) < 4.78 is 13.4. The first-order chi connectivity index (χ1) is 12.1. The van der Waals surface area contributed by atoms with Crippen LogP contribution in [-0.2, 0) is 0 Å². The summed E-state index contributed by atoms with van der Waals surface area (Å²) in [6.07, 6.45) is 1.83. The summed E-state index contributed by atoms with van der Waals surface area (Å²) in [6, 6.07) is 13.7. The number of rotatable bonds is 3. The lowest BCUT2D eigenvalue weighted by Gasteiger charge is -2.35. The summed E-state index contributed by atoms with van der Waals surface area (Å²) in [6.45, 7) is 3.34. The van der Waals surface area contributed by atoms with Gasteiger partial charge in [-0.2, -0.15) is 5.26 Å². The van der Waals surface area contributed by atoms with Gasteiger partial charge in [0, 0.05) is 30.4 Å². The van der Waals surface area contributed by atoms with Crippen LogP contribution in [0.5, 0.6) is 0 Å². The van der Waals surface area contributed by atoms with E-state index in [9.17, 15) is 9.18 Å². The summed E-state index contributed by atoms with van der Waals surface area (Å²) in [5, 5.41) is 12.0. The molecule has 2 aromatic rings. The number of carbonyl (C=O) groups excluding carboxylic acids is 1. The van der Waals surface area contributed by atoms with Gasteiger partial charge >= 0.3 is 0 Å². The second-order valence-electron chi connectivity index (χ2n) is 6.38. The van der Waals surface area contributed by atoms with E-state index in [1.807, 2.05) is 13.0 Å². The normalized spacial score (nSPS) is 17.0. The first kappa shape index (κ1) is 17.0. The number of hydrogen-bond acceptors (Lipinski definition) is 3. The van der Waals surface area contributed by atoms with Crippen molar-refractivity contribution in [1.82, 2.24) is 5.32 Å². The SMILES string of the molecule is Cc1cc(C#N)ccc1C(=O)NC1CCCN(c2cccc(F)c2)C1.